The van der Waals surface area contributed by atoms with Gasteiger partial charge in [0.2, 0.25) is 0 Å². The van der Waals surface area contributed by atoms with Gasteiger partial charge in [-0.25, -0.2) is 5.48 Å². The van der Waals surface area contributed by atoms with Crippen molar-refractivity contribution in [3.8, 4) is 0 Å². The van der Waals surface area contributed by atoms with E-state index in [0.717, 1.165) is 28.6 Å². The van der Waals surface area contributed by atoms with E-state index in [-0.39, 0.29) is 12.5 Å². The number of benzene rings is 2. The molecule has 1 fully saturated rings. The number of carbonyl (C=O) groups is 2. The highest BCUT2D eigenvalue weighted by Gasteiger charge is 2.32. The van der Waals surface area contributed by atoms with Crippen molar-refractivity contribution in [2.24, 2.45) is 5.92 Å². The molecule has 2 heterocycles. The molecule has 4 rings (SSSR count). The number of pyridine rings is 1. The van der Waals surface area contributed by atoms with Crippen LogP contribution in [0.25, 0.3) is 10.9 Å². The van der Waals surface area contributed by atoms with E-state index in [9.17, 15) is 9.59 Å². The lowest BCUT2D eigenvalue weighted by atomic mass is 9.94. The van der Waals surface area contributed by atoms with Gasteiger partial charge in [-0.2, -0.15) is 0 Å². The molecule has 1 saturated heterocycles. The van der Waals surface area contributed by atoms with Gasteiger partial charge in [0.1, 0.15) is 0 Å². The molecule has 3 N–H and O–H groups in total. The van der Waals surface area contributed by atoms with E-state index in [1.54, 1.807) is 17.6 Å². The molecule has 7 heteroatoms. The predicted octanol–water partition coefficient (Wildman–Crippen LogP) is 3.08. The topological polar surface area (TPSA) is 101 Å². The Hall–Kier alpha value is -3.29. The van der Waals surface area contributed by atoms with Gasteiger partial charge in [0.15, 0.2) is 0 Å². The van der Waals surface area contributed by atoms with E-state index in [1.165, 1.54) is 11.1 Å². The van der Waals surface area contributed by atoms with Gasteiger partial charge >= 0.3 is 0 Å². The molecule has 0 spiro atoms. The molecular weight excluding hydrogens is 406 g/mol. The van der Waals surface area contributed by atoms with E-state index >= 15 is 0 Å². The fraction of sp³-hybridized carbons (Fsp3) is 0.320. The molecule has 166 valence electrons. The molecule has 0 radical (unpaired) electrons. The van der Waals surface area contributed by atoms with Crippen LogP contribution in [0.5, 0.6) is 0 Å². The largest absolute Gasteiger partial charge is 0.380 e. The Morgan fingerprint density at radius 1 is 1.12 bits per heavy atom. The molecule has 0 aliphatic carbocycles. The minimum Gasteiger partial charge on any atom is -0.380 e. The molecule has 7 nitrogen and oxygen atoms in total. The highest BCUT2D eigenvalue weighted by Crippen LogP contribution is 2.23. The van der Waals surface area contributed by atoms with Crippen LogP contribution in [0.2, 0.25) is 0 Å². The maximum absolute atomic E-state index is 12.7. The molecule has 2 amide bonds. The van der Waals surface area contributed by atoms with Gasteiger partial charge in [-0.3, -0.25) is 19.8 Å². The molecule has 32 heavy (non-hydrogen) atoms. The van der Waals surface area contributed by atoms with Crippen LogP contribution in [0.1, 0.15) is 39.2 Å². The number of hydrogen-bond acceptors (Lipinski definition) is 5. The van der Waals surface area contributed by atoms with Crippen LogP contribution < -0.4 is 10.8 Å². The third-order valence-corrected chi connectivity index (χ3v) is 5.91. The van der Waals surface area contributed by atoms with Crippen molar-refractivity contribution in [1.29, 1.82) is 0 Å². The number of hydroxylamine groups is 1. The Bertz CT molecular complexity index is 1140. The van der Waals surface area contributed by atoms with Crippen molar-refractivity contribution in [1.82, 2.24) is 15.8 Å². The first-order valence-corrected chi connectivity index (χ1v) is 10.7. The van der Waals surface area contributed by atoms with Crippen LogP contribution in [-0.4, -0.2) is 41.3 Å². The van der Waals surface area contributed by atoms with E-state index in [1.807, 2.05) is 19.1 Å². The molecule has 0 bridgehead atoms. The molecule has 1 aromatic heterocycles. The van der Waals surface area contributed by atoms with Crippen LogP contribution in [0.15, 0.2) is 48.5 Å². The molecule has 0 unspecified atom stereocenters. The first kappa shape index (κ1) is 21.9. The van der Waals surface area contributed by atoms with Crippen molar-refractivity contribution in [2.75, 3.05) is 13.2 Å². The van der Waals surface area contributed by atoms with Gasteiger partial charge in [-0.1, -0.05) is 23.8 Å². The number of aromatic nitrogens is 1. The fourth-order valence-electron chi connectivity index (χ4n) is 4.20. The molecule has 1 aliphatic heterocycles. The summed E-state index contributed by atoms with van der Waals surface area (Å²) in [6, 6.07) is 15.5. The van der Waals surface area contributed by atoms with Crippen molar-refractivity contribution < 1.29 is 19.5 Å². The second kappa shape index (κ2) is 9.46. The number of nitrogens with one attached hydrogen (secondary N) is 2. The first-order valence-electron chi connectivity index (χ1n) is 10.7. The molecule has 2 atom stereocenters. The molecule has 0 saturated carbocycles. The van der Waals surface area contributed by atoms with Crippen LogP contribution in [0, 0.1) is 19.8 Å². The minimum atomic E-state index is -0.622. The van der Waals surface area contributed by atoms with Crippen LogP contribution in [-0.2, 0) is 16.0 Å². The maximum Gasteiger partial charge on any atom is 0.251 e. The summed E-state index contributed by atoms with van der Waals surface area (Å²) in [5, 5.41) is 13.0. The summed E-state index contributed by atoms with van der Waals surface area (Å²) in [6.45, 7) is 4.69. The number of fused-ring (bicyclic) bond motifs is 1. The van der Waals surface area contributed by atoms with Crippen molar-refractivity contribution in [3.63, 3.8) is 0 Å². The number of aryl methyl sites for hydroxylation is 2. The summed E-state index contributed by atoms with van der Waals surface area (Å²) in [4.78, 5) is 29.2. The summed E-state index contributed by atoms with van der Waals surface area (Å²) < 4.78 is 5.31. The Labute approximate surface area is 186 Å². The predicted molar refractivity (Wildman–Crippen MR) is 121 cm³/mol. The summed E-state index contributed by atoms with van der Waals surface area (Å²) in [5.74, 6) is -1.43. The van der Waals surface area contributed by atoms with Gasteiger partial charge in [0.25, 0.3) is 11.8 Å². The average Bonchev–Trinajstić information content (AvgIpc) is 2.80. The van der Waals surface area contributed by atoms with E-state index < -0.39 is 17.9 Å². The zero-order valence-electron chi connectivity index (χ0n) is 18.2. The number of nitrogens with zero attached hydrogens (tertiary/aromatic N) is 1. The lowest BCUT2D eigenvalue weighted by molar-refractivity contribution is -0.138. The zero-order chi connectivity index (χ0) is 22.7. The second-order valence-electron chi connectivity index (χ2n) is 8.34. The highest BCUT2D eigenvalue weighted by atomic mass is 16.5. The van der Waals surface area contributed by atoms with Crippen LogP contribution in [0.3, 0.4) is 0 Å². The smallest absolute Gasteiger partial charge is 0.251 e. The summed E-state index contributed by atoms with van der Waals surface area (Å²) in [6.07, 6.45) is 1.25. The Kier molecular flexibility index (Phi) is 6.48. The molecule has 3 aromatic rings. The van der Waals surface area contributed by atoms with Gasteiger partial charge in [-0.15, -0.1) is 0 Å². The summed E-state index contributed by atoms with van der Waals surface area (Å²) in [7, 11) is 0. The minimum absolute atomic E-state index is 0.162. The van der Waals surface area contributed by atoms with E-state index in [4.69, 9.17) is 9.94 Å². The second-order valence-corrected chi connectivity index (χ2v) is 8.34. The highest BCUT2D eigenvalue weighted by molar-refractivity contribution is 5.95. The van der Waals surface area contributed by atoms with Crippen molar-refractivity contribution in [2.45, 2.75) is 32.7 Å². The van der Waals surface area contributed by atoms with Crippen molar-refractivity contribution >= 4 is 22.7 Å². The van der Waals surface area contributed by atoms with Gasteiger partial charge in [-0.05, 0) is 68.1 Å². The van der Waals surface area contributed by atoms with Crippen LogP contribution >= 0.6 is 0 Å². The number of rotatable bonds is 5. The number of ether oxygens (including phenoxy) is 1. The number of carbonyl (C=O) groups excluding carboxylic acids is 2. The lowest BCUT2D eigenvalue weighted by Gasteiger charge is -2.30. The summed E-state index contributed by atoms with van der Waals surface area (Å²) in [5.41, 5.74) is 7.63. The number of amides is 2. The van der Waals surface area contributed by atoms with Gasteiger partial charge in [0.05, 0.1) is 18.0 Å². The fourth-order valence-corrected chi connectivity index (χ4v) is 4.20. The summed E-state index contributed by atoms with van der Waals surface area (Å²) >= 11 is 0. The standard InChI is InChI=1S/C25H27N3O4/c1-15-3-8-22-20(11-15)19(12-16(2)26-22)13-17-4-6-18(7-5-17)24(29)27-23-9-10-32-14-21(23)25(30)28-31/h3-8,11-12,21,23,31H,9-10,13-14H2,1-2H3,(H,27,29)(H,28,30)/t21-,23+/m0/s1. The quantitative estimate of drug-likeness (QED) is 0.424. The lowest BCUT2D eigenvalue weighted by Crippen LogP contribution is -2.51. The van der Waals surface area contributed by atoms with Gasteiger partial charge in [0, 0.05) is 29.3 Å². The Morgan fingerprint density at radius 2 is 1.91 bits per heavy atom. The SMILES string of the molecule is Cc1ccc2nc(C)cc(Cc3ccc(C(=O)N[C@@H]4CCOC[C@@H]4C(=O)NO)cc3)c2c1. The monoisotopic (exact) mass is 433 g/mol. The molecule has 2 aromatic carbocycles. The van der Waals surface area contributed by atoms with E-state index in [0.29, 0.717) is 18.6 Å². The molecular formula is C25H27N3O4. The maximum atomic E-state index is 12.7. The third-order valence-electron chi connectivity index (χ3n) is 5.91. The average molecular weight is 434 g/mol. The van der Waals surface area contributed by atoms with Gasteiger partial charge < -0.3 is 10.1 Å². The zero-order valence-corrected chi connectivity index (χ0v) is 18.2. The normalized spacial score (nSPS) is 18.3. The Balaban J connectivity index is 1.49. The Morgan fingerprint density at radius 3 is 2.66 bits per heavy atom. The molecule has 1 aliphatic rings. The number of hydrogen-bond donors (Lipinski definition) is 3. The van der Waals surface area contributed by atoms with Crippen LogP contribution in [0.4, 0.5) is 0 Å². The first-order chi connectivity index (χ1) is 15.4. The van der Waals surface area contributed by atoms with Crippen molar-refractivity contribution in [3.05, 3.63) is 76.5 Å². The third kappa shape index (κ3) is 4.79. The van der Waals surface area contributed by atoms with E-state index in [2.05, 4.69) is 41.5 Å².